The van der Waals surface area contributed by atoms with Crippen molar-refractivity contribution >= 4 is 0 Å². The Hall–Kier alpha value is -2.70. The molecule has 2 heterocycles. The van der Waals surface area contributed by atoms with Gasteiger partial charge in [-0.25, -0.2) is 0 Å². The molecule has 6 nitrogen and oxygen atoms in total. The number of hydrogen-bond donors (Lipinski definition) is 1. The fraction of sp³-hybridized carbons (Fsp3) is 0.300. The van der Waals surface area contributed by atoms with Gasteiger partial charge in [0.05, 0.1) is 12.7 Å². The van der Waals surface area contributed by atoms with Gasteiger partial charge in [-0.1, -0.05) is 47.6 Å². The highest BCUT2D eigenvalue weighted by Gasteiger charge is 2.28. The van der Waals surface area contributed by atoms with Gasteiger partial charge in [0.2, 0.25) is 11.7 Å². The maximum absolute atomic E-state index is 5.76. The summed E-state index contributed by atoms with van der Waals surface area (Å²) in [5, 5.41) is 7.46. The molecule has 4 rings (SSSR count). The van der Waals surface area contributed by atoms with E-state index >= 15 is 0 Å². The predicted molar refractivity (Wildman–Crippen MR) is 96.7 cm³/mol. The molecule has 0 radical (unpaired) electrons. The van der Waals surface area contributed by atoms with Crippen LogP contribution >= 0.6 is 0 Å². The lowest BCUT2D eigenvalue weighted by atomic mass is 10.1. The Morgan fingerprint density at radius 3 is 2.69 bits per heavy atom. The molecule has 0 saturated carbocycles. The molecule has 1 aromatic heterocycles. The van der Waals surface area contributed by atoms with Crippen LogP contribution in [0.25, 0.3) is 11.4 Å². The number of hydrogen-bond acceptors (Lipinski definition) is 6. The maximum atomic E-state index is 5.76. The third kappa shape index (κ3) is 3.76. The molecule has 1 aliphatic rings. The van der Waals surface area contributed by atoms with Gasteiger partial charge in [-0.15, -0.1) is 0 Å². The van der Waals surface area contributed by atoms with E-state index < -0.39 is 0 Å². The minimum atomic E-state index is -0.0662. The van der Waals surface area contributed by atoms with Crippen LogP contribution in [0.3, 0.4) is 0 Å². The number of rotatable bonds is 5. The molecule has 26 heavy (non-hydrogen) atoms. The van der Waals surface area contributed by atoms with Crippen LogP contribution in [-0.4, -0.2) is 29.4 Å². The molecule has 0 spiro atoms. The minimum Gasteiger partial charge on any atom is -0.489 e. The van der Waals surface area contributed by atoms with Crippen molar-refractivity contribution in [2.24, 2.45) is 0 Å². The van der Waals surface area contributed by atoms with Gasteiger partial charge >= 0.3 is 0 Å². The number of ether oxygens (including phenoxy) is 2. The summed E-state index contributed by atoms with van der Waals surface area (Å²) in [4.78, 5) is 4.53. The van der Waals surface area contributed by atoms with Gasteiger partial charge in [0.25, 0.3) is 0 Å². The zero-order valence-corrected chi connectivity index (χ0v) is 14.6. The molecule has 134 valence electrons. The lowest BCUT2D eigenvalue weighted by molar-refractivity contribution is -0.00136. The molecular formula is C20H21N3O3. The Morgan fingerprint density at radius 2 is 1.92 bits per heavy atom. The number of para-hydroxylation sites is 1. The van der Waals surface area contributed by atoms with Crippen molar-refractivity contribution in [1.29, 1.82) is 0 Å². The maximum Gasteiger partial charge on any atom is 0.246 e. The van der Waals surface area contributed by atoms with Crippen LogP contribution < -0.4 is 10.1 Å². The zero-order valence-electron chi connectivity index (χ0n) is 14.6. The van der Waals surface area contributed by atoms with Crippen molar-refractivity contribution in [3.63, 3.8) is 0 Å². The van der Waals surface area contributed by atoms with Gasteiger partial charge in [0.15, 0.2) is 0 Å². The molecular weight excluding hydrogens is 330 g/mol. The van der Waals surface area contributed by atoms with Crippen LogP contribution in [0.1, 0.15) is 24.4 Å². The Balaban J connectivity index is 1.42. The summed E-state index contributed by atoms with van der Waals surface area (Å²) >= 11 is 0. The second-order valence-corrected chi connectivity index (χ2v) is 6.26. The first-order chi connectivity index (χ1) is 12.8. The lowest BCUT2D eigenvalue weighted by Gasteiger charge is -2.27. The molecule has 0 aliphatic carbocycles. The van der Waals surface area contributed by atoms with E-state index in [0.717, 1.165) is 23.4 Å². The van der Waals surface area contributed by atoms with Gasteiger partial charge in [0.1, 0.15) is 18.4 Å². The number of morpholine rings is 1. The first-order valence-corrected chi connectivity index (χ1v) is 8.75. The quantitative estimate of drug-likeness (QED) is 0.760. The summed E-state index contributed by atoms with van der Waals surface area (Å²) in [7, 11) is 0. The Morgan fingerprint density at radius 1 is 1.12 bits per heavy atom. The summed E-state index contributed by atoms with van der Waals surface area (Å²) < 4.78 is 16.8. The topological polar surface area (TPSA) is 69.4 Å². The molecule has 1 saturated heterocycles. The largest absolute Gasteiger partial charge is 0.489 e. The molecule has 0 bridgehead atoms. The van der Waals surface area contributed by atoms with Crippen molar-refractivity contribution in [2.75, 3.05) is 13.2 Å². The molecule has 0 amide bonds. The summed E-state index contributed by atoms with van der Waals surface area (Å²) in [5.41, 5.74) is 1.99. The Bertz CT molecular complexity index is 833. The molecule has 2 atom stereocenters. The SMILES string of the molecule is C[C@H]1OCCN[C@@H]1c1nc(-c2ccc(COc3ccccc3)cc2)no1. The molecule has 0 unspecified atom stereocenters. The normalized spacial score (nSPS) is 20.0. The average Bonchev–Trinajstić information content (AvgIpc) is 3.18. The van der Waals surface area contributed by atoms with E-state index in [-0.39, 0.29) is 12.1 Å². The predicted octanol–water partition coefficient (Wildman–Crippen LogP) is 3.37. The summed E-state index contributed by atoms with van der Waals surface area (Å²) in [6.45, 7) is 4.00. The second kappa shape index (κ2) is 7.68. The average molecular weight is 351 g/mol. The van der Waals surface area contributed by atoms with Gasteiger partial charge in [-0.2, -0.15) is 4.98 Å². The van der Waals surface area contributed by atoms with E-state index in [1.165, 1.54) is 0 Å². The van der Waals surface area contributed by atoms with E-state index in [0.29, 0.717) is 24.9 Å². The third-order valence-corrected chi connectivity index (χ3v) is 4.39. The van der Waals surface area contributed by atoms with E-state index in [9.17, 15) is 0 Å². The summed E-state index contributed by atoms with van der Waals surface area (Å²) in [6.07, 6.45) is 0.00885. The van der Waals surface area contributed by atoms with Crippen molar-refractivity contribution in [3.05, 3.63) is 66.1 Å². The minimum absolute atomic E-state index is 0.00885. The highest BCUT2D eigenvalue weighted by atomic mass is 16.5. The smallest absolute Gasteiger partial charge is 0.246 e. The van der Waals surface area contributed by atoms with E-state index in [1.807, 2.05) is 61.5 Å². The van der Waals surface area contributed by atoms with Gasteiger partial charge < -0.3 is 19.3 Å². The van der Waals surface area contributed by atoms with E-state index in [1.54, 1.807) is 0 Å². The molecule has 3 aromatic rings. The van der Waals surface area contributed by atoms with Crippen molar-refractivity contribution in [3.8, 4) is 17.1 Å². The summed E-state index contributed by atoms with van der Waals surface area (Å²) in [5.74, 6) is 1.99. The van der Waals surface area contributed by atoms with Crippen LogP contribution in [0.5, 0.6) is 5.75 Å². The molecule has 1 aliphatic heterocycles. The number of benzene rings is 2. The first-order valence-electron chi connectivity index (χ1n) is 8.75. The molecule has 6 heteroatoms. The fourth-order valence-electron chi connectivity index (χ4n) is 2.92. The molecule has 1 fully saturated rings. The molecule has 2 aromatic carbocycles. The van der Waals surface area contributed by atoms with Crippen LogP contribution in [0.2, 0.25) is 0 Å². The van der Waals surface area contributed by atoms with E-state index in [4.69, 9.17) is 14.0 Å². The highest BCUT2D eigenvalue weighted by molar-refractivity contribution is 5.54. The number of nitrogens with one attached hydrogen (secondary N) is 1. The van der Waals surface area contributed by atoms with Gasteiger partial charge in [0, 0.05) is 12.1 Å². The van der Waals surface area contributed by atoms with Crippen LogP contribution in [0.4, 0.5) is 0 Å². The number of nitrogens with zero attached hydrogens (tertiary/aromatic N) is 2. The fourth-order valence-corrected chi connectivity index (χ4v) is 2.92. The number of aromatic nitrogens is 2. The van der Waals surface area contributed by atoms with Crippen LogP contribution in [-0.2, 0) is 11.3 Å². The summed E-state index contributed by atoms with van der Waals surface area (Å²) in [6, 6.07) is 17.7. The lowest BCUT2D eigenvalue weighted by Crippen LogP contribution is -2.40. The van der Waals surface area contributed by atoms with Gasteiger partial charge in [-0.05, 0) is 24.6 Å². The standard InChI is InChI=1S/C20H21N3O3/c1-14-18(21-11-12-24-14)20-22-19(23-26-20)16-9-7-15(8-10-16)13-25-17-5-3-2-4-6-17/h2-10,14,18,21H,11-13H2,1H3/t14-,18+/m1/s1. The Kier molecular flexibility index (Phi) is 4.95. The van der Waals surface area contributed by atoms with Gasteiger partial charge in [-0.3, -0.25) is 0 Å². The van der Waals surface area contributed by atoms with Crippen molar-refractivity contribution in [1.82, 2.24) is 15.5 Å². The highest BCUT2D eigenvalue weighted by Crippen LogP contribution is 2.24. The van der Waals surface area contributed by atoms with Crippen LogP contribution in [0.15, 0.2) is 59.1 Å². The molecule has 1 N–H and O–H groups in total. The Labute approximate surface area is 152 Å². The van der Waals surface area contributed by atoms with Crippen molar-refractivity contribution in [2.45, 2.75) is 25.7 Å². The second-order valence-electron chi connectivity index (χ2n) is 6.26. The first kappa shape index (κ1) is 16.8. The zero-order chi connectivity index (χ0) is 17.8. The third-order valence-electron chi connectivity index (χ3n) is 4.39. The van der Waals surface area contributed by atoms with E-state index in [2.05, 4.69) is 15.5 Å². The van der Waals surface area contributed by atoms with Crippen molar-refractivity contribution < 1.29 is 14.0 Å². The monoisotopic (exact) mass is 351 g/mol. The van der Waals surface area contributed by atoms with Crippen LogP contribution in [0, 0.1) is 0 Å².